The van der Waals surface area contributed by atoms with E-state index in [1.807, 2.05) is 49.4 Å². The maximum atomic E-state index is 12.8. The highest BCUT2D eigenvalue weighted by atomic mass is 16.5. The second-order valence-electron chi connectivity index (χ2n) is 7.96. The molecule has 176 valence electrons. The van der Waals surface area contributed by atoms with E-state index in [1.54, 1.807) is 54.6 Å². The lowest BCUT2D eigenvalue weighted by Crippen LogP contribution is -2.10. The minimum absolute atomic E-state index is 0.000434. The van der Waals surface area contributed by atoms with Gasteiger partial charge in [-0.05, 0) is 91.7 Å². The first kappa shape index (κ1) is 23.8. The Bertz CT molecular complexity index is 1290. The zero-order chi connectivity index (χ0) is 24.6. The van der Waals surface area contributed by atoms with Crippen molar-refractivity contribution >= 4 is 11.8 Å². The summed E-state index contributed by atoms with van der Waals surface area (Å²) in [5.41, 5.74) is 3.05. The lowest BCUT2D eigenvalue weighted by atomic mass is 10.0. The van der Waals surface area contributed by atoms with E-state index in [4.69, 9.17) is 14.2 Å². The molecular weight excluding hydrogens is 440 g/mol. The van der Waals surface area contributed by atoms with Gasteiger partial charge in [0.25, 0.3) is 0 Å². The van der Waals surface area contributed by atoms with Crippen LogP contribution in [0.1, 0.15) is 45.7 Å². The maximum Gasteiger partial charge on any atom is 0.343 e. The van der Waals surface area contributed by atoms with Crippen molar-refractivity contribution < 1.29 is 23.8 Å². The lowest BCUT2D eigenvalue weighted by Gasteiger charge is -2.11. The van der Waals surface area contributed by atoms with Crippen LogP contribution in [0.15, 0.2) is 97.1 Å². The van der Waals surface area contributed by atoms with Gasteiger partial charge in [-0.15, -0.1) is 0 Å². The Morgan fingerprint density at radius 3 is 1.86 bits per heavy atom. The van der Waals surface area contributed by atoms with E-state index in [1.165, 1.54) is 6.92 Å². The largest absolute Gasteiger partial charge is 0.494 e. The molecule has 35 heavy (non-hydrogen) atoms. The molecule has 0 atom stereocenters. The number of hydrogen-bond acceptors (Lipinski definition) is 5. The fraction of sp³-hybridized carbons (Fsp3) is 0.133. The number of carbonyl (C=O) groups is 2. The van der Waals surface area contributed by atoms with Gasteiger partial charge in [0.2, 0.25) is 0 Å². The zero-order valence-electron chi connectivity index (χ0n) is 19.7. The average Bonchev–Trinajstić information content (AvgIpc) is 2.87. The van der Waals surface area contributed by atoms with Crippen molar-refractivity contribution in [3.63, 3.8) is 0 Å². The van der Waals surface area contributed by atoms with Gasteiger partial charge in [0, 0.05) is 12.0 Å². The van der Waals surface area contributed by atoms with Crippen LogP contribution in [0.4, 0.5) is 0 Å². The highest BCUT2D eigenvalue weighted by Gasteiger charge is 2.13. The molecule has 0 aromatic heterocycles. The second-order valence-corrected chi connectivity index (χ2v) is 7.96. The summed E-state index contributed by atoms with van der Waals surface area (Å²) in [6, 6.07) is 29.1. The SMILES string of the molecule is CCOc1ccc(Cc2ccccc2OC(=O)c2ccc(Oc3ccc(C(C)=O)cc3)cc2)cc1. The molecule has 0 heterocycles. The first-order chi connectivity index (χ1) is 17.0. The molecule has 0 spiro atoms. The van der Waals surface area contributed by atoms with Gasteiger partial charge in [0.05, 0.1) is 12.2 Å². The number of esters is 1. The number of ether oxygens (including phenoxy) is 3. The third-order valence-electron chi connectivity index (χ3n) is 5.39. The van der Waals surface area contributed by atoms with Crippen molar-refractivity contribution in [2.75, 3.05) is 6.61 Å². The molecule has 0 aliphatic carbocycles. The van der Waals surface area contributed by atoms with E-state index in [0.717, 1.165) is 16.9 Å². The Morgan fingerprint density at radius 2 is 1.26 bits per heavy atom. The van der Waals surface area contributed by atoms with Gasteiger partial charge < -0.3 is 14.2 Å². The van der Waals surface area contributed by atoms with Crippen LogP contribution in [0, 0.1) is 0 Å². The molecule has 0 saturated heterocycles. The Balaban J connectivity index is 1.41. The Labute approximate surface area is 204 Å². The van der Waals surface area contributed by atoms with Gasteiger partial charge in [0.15, 0.2) is 5.78 Å². The van der Waals surface area contributed by atoms with Crippen LogP contribution in [0.25, 0.3) is 0 Å². The number of Topliss-reactive ketones (excluding diaryl/α,β-unsaturated/α-hetero) is 1. The van der Waals surface area contributed by atoms with Gasteiger partial charge >= 0.3 is 5.97 Å². The number of rotatable bonds is 9. The van der Waals surface area contributed by atoms with Crippen LogP contribution in [0.5, 0.6) is 23.0 Å². The molecule has 0 N–H and O–H groups in total. The van der Waals surface area contributed by atoms with Crippen molar-refractivity contribution in [3.8, 4) is 23.0 Å². The van der Waals surface area contributed by atoms with E-state index in [-0.39, 0.29) is 5.78 Å². The Hall–Kier alpha value is -4.38. The minimum Gasteiger partial charge on any atom is -0.494 e. The minimum atomic E-state index is -0.443. The molecule has 0 saturated carbocycles. The van der Waals surface area contributed by atoms with E-state index in [0.29, 0.717) is 41.4 Å². The lowest BCUT2D eigenvalue weighted by molar-refractivity contribution is 0.0733. The summed E-state index contributed by atoms with van der Waals surface area (Å²) in [6.45, 7) is 4.10. The van der Waals surface area contributed by atoms with Crippen LogP contribution in [-0.4, -0.2) is 18.4 Å². The maximum absolute atomic E-state index is 12.8. The standard InChI is InChI=1S/C30H26O5/c1-3-33-26-14-8-22(9-15-26)20-25-6-4-5-7-29(25)35-30(32)24-12-18-28(19-13-24)34-27-16-10-23(11-17-27)21(2)31/h4-19H,3,20H2,1-2H3. The van der Waals surface area contributed by atoms with E-state index < -0.39 is 5.97 Å². The first-order valence-corrected chi connectivity index (χ1v) is 11.4. The molecule has 4 aromatic carbocycles. The smallest absolute Gasteiger partial charge is 0.343 e. The van der Waals surface area contributed by atoms with Gasteiger partial charge in [0.1, 0.15) is 23.0 Å². The normalized spacial score (nSPS) is 10.5. The van der Waals surface area contributed by atoms with Crippen LogP contribution in [0.3, 0.4) is 0 Å². The number of ketones is 1. The third kappa shape index (κ3) is 6.36. The predicted molar refractivity (Wildman–Crippen MR) is 135 cm³/mol. The number of hydrogen-bond donors (Lipinski definition) is 0. The highest BCUT2D eigenvalue weighted by Crippen LogP contribution is 2.25. The van der Waals surface area contributed by atoms with Crippen LogP contribution in [-0.2, 0) is 6.42 Å². The fourth-order valence-electron chi connectivity index (χ4n) is 3.55. The molecule has 0 bridgehead atoms. The van der Waals surface area contributed by atoms with E-state index in [9.17, 15) is 9.59 Å². The van der Waals surface area contributed by atoms with Gasteiger partial charge in [-0.2, -0.15) is 0 Å². The van der Waals surface area contributed by atoms with Crippen molar-refractivity contribution in [1.82, 2.24) is 0 Å². The van der Waals surface area contributed by atoms with Crippen molar-refractivity contribution in [2.24, 2.45) is 0 Å². The summed E-state index contributed by atoms with van der Waals surface area (Å²) in [4.78, 5) is 24.2. The van der Waals surface area contributed by atoms with Gasteiger partial charge in [-0.1, -0.05) is 30.3 Å². The molecular formula is C30H26O5. The summed E-state index contributed by atoms with van der Waals surface area (Å²) in [6.07, 6.45) is 0.630. The molecule has 0 aliphatic heterocycles. The van der Waals surface area contributed by atoms with E-state index >= 15 is 0 Å². The molecule has 0 unspecified atom stereocenters. The number of para-hydroxylation sites is 1. The van der Waals surface area contributed by atoms with Crippen molar-refractivity contribution in [2.45, 2.75) is 20.3 Å². The molecule has 4 rings (SSSR count). The molecule has 5 nitrogen and oxygen atoms in total. The quantitative estimate of drug-likeness (QED) is 0.153. The number of benzene rings is 4. The summed E-state index contributed by atoms with van der Waals surface area (Å²) < 4.78 is 17.0. The molecule has 0 fully saturated rings. The van der Waals surface area contributed by atoms with Gasteiger partial charge in [-0.25, -0.2) is 4.79 Å². The summed E-state index contributed by atoms with van der Waals surface area (Å²) >= 11 is 0. The zero-order valence-corrected chi connectivity index (χ0v) is 19.7. The molecule has 4 aromatic rings. The third-order valence-corrected chi connectivity index (χ3v) is 5.39. The van der Waals surface area contributed by atoms with Gasteiger partial charge in [-0.3, -0.25) is 4.79 Å². The highest BCUT2D eigenvalue weighted by molar-refractivity contribution is 5.94. The first-order valence-electron chi connectivity index (χ1n) is 11.4. The van der Waals surface area contributed by atoms with Crippen molar-refractivity contribution in [3.05, 3.63) is 119 Å². The molecule has 0 radical (unpaired) electrons. The second kappa shape index (κ2) is 11.2. The summed E-state index contributed by atoms with van der Waals surface area (Å²) in [7, 11) is 0. The monoisotopic (exact) mass is 466 g/mol. The average molecular weight is 467 g/mol. The summed E-state index contributed by atoms with van der Waals surface area (Å²) in [5, 5.41) is 0. The summed E-state index contributed by atoms with van der Waals surface area (Å²) in [5.74, 6) is 2.09. The Kier molecular flexibility index (Phi) is 7.58. The topological polar surface area (TPSA) is 61.8 Å². The molecule has 0 amide bonds. The Morgan fingerprint density at radius 1 is 0.686 bits per heavy atom. The molecule has 5 heteroatoms. The number of carbonyl (C=O) groups excluding carboxylic acids is 2. The van der Waals surface area contributed by atoms with E-state index in [2.05, 4.69) is 0 Å². The predicted octanol–water partition coefficient (Wildman–Crippen LogP) is 6.89. The van der Waals surface area contributed by atoms with Crippen LogP contribution >= 0.6 is 0 Å². The van der Waals surface area contributed by atoms with Crippen molar-refractivity contribution in [1.29, 1.82) is 0 Å². The van der Waals surface area contributed by atoms with Crippen LogP contribution in [0.2, 0.25) is 0 Å². The molecule has 0 aliphatic rings. The van der Waals surface area contributed by atoms with Crippen LogP contribution < -0.4 is 14.2 Å². The fourth-order valence-corrected chi connectivity index (χ4v) is 3.55.